The summed E-state index contributed by atoms with van der Waals surface area (Å²) in [6.45, 7) is 5.39. The number of phenols is 1. The Bertz CT molecular complexity index is 1620. The molecule has 4 atom stereocenters. The van der Waals surface area contributed by atoms with Crippen molar-refractivity contribution in [2.75, 3.05) is 19.6 Å². The highest BCUT2D eigenvalue weighted by Crippen LogP contribution is 2.45. The van der Waals surface area contributed by atoms with Gasteiger partial charge in [0, 0.05) is 30.6 Å². The average molecular weight is 531 g/mol. The molecule has 7 heterocycles. The van der Waals surface area contributed by atoms with Gasteiger partial charge in [0.15, 0.2) is 23.0 Å². The summed E-state index contributed by atoms with van der Waals surface area (Å²) in [5.74, 6) is -0.413. The van der Waals surface area contributed by atoms with Crippen molar-refractivity contribution in [1.82, 2.24) is 39.8 Å². The van der Waals surface area contributed by atoms with Crippen LogP contribution in [0.3, 0.4) is 0 Å². The Labute approximate surface area is 222 Å². The van der Waals surface area contributed by atoms with Gasteiger partial charge >= 0.3 is 6.03 Å². The number of rotatable bonds is 5. The van der Waals surface area contributed by atoms with E-state index in [1.165, 1.54) is 12.1 Å². The number of ether oxygens (including phenoxy) is 1. The number of hydrogen-bond donors (Lipinski definition) is 3. The number of amides is 2. The first-order valence-corrected chi connectivity index (χ1v) is 13.4. The molecule has 3 unspecified atom stereocenters. The van der Waals surface area contributed by atoms with Crippen LogP contribution >= 0.6 is 0 Å². The molecule has 4 aromatic rings. The highest BCUT2D eigenvalue weighted by atomic mass is 19.1. The van der Waals surface area contributed by atoms with E-state index >= 15 is 0 Å². The van der Waals surface area contributed by atoms with Crippen LogP contribution < -0.4 is 0 Å². The third kappa shape index (κ3) is 3.69. The smallest absolute Gasteiger partial charge is 0.320 e. The van der Waals surface area contributed by atoms with Crippen LogP contribution in [0.5, 0.6) is 5.75 Å². The molecule has 1 aromatic carbocycles. The number of benzene rings is 1. The zero-order chi connectivity index (χ0) is 26.4. The predicted molar refractivity (Wildman–Crippen MR) is 138 cm³/mol. The molecule has 3 aromatic heterocycles. The van der Waals surface area contributed by atoms with E-state index in [1.54, 1.807) is 0 Å². The molecular weight excluding hydrogens is 503 g/mol. The van der Waals surface area contributed by atoms with Crippen molar-refractivity contribution in [2.24, 2.45) is 0 Å². The summed E-state index contributed by atoms with van der Waals surface area (Å²) in [5, 5.41) is 17.9. The van der Waals surface area contributed by atoms with E-state index in [1.807, 2.05) is 28.9 Å². The maximum Gasteiger partial charge on any atom is 0.320 e. The van der Waals surface area contributed by atoms with Gasteiger partial charge in [0.1, 0.15) is 11.9 Å². The number of likely N-dealkylation sites (tertiary alicyclic amines) is 1. The van der Waals surface area contributed by atoms with Gasteiger partial charge in [-0.1, -0.05) is 6.92 Å². The summed E-state index contributed by atoms with van der Waals surface area (Å²) >= 11 is 0. The first-order chi connectivity index (χ1) is 19.0. The van der Waals surface area contributed by atoms with Crippen molar-refractivity contribution in [3.8, 4) is 28.5 Å². The van der Waals surface area contributed by atoms with E-state index in [0.29, 0.717) is 66.7 Å². The minimum absolute atomic E-state index is 0.0242. The molecule has 200 valence electrons. The highest BCUT2D eigenvalue weighted by molar-refractivity contribution is 5.90. The quantitative estimate of drug-likeness (QED) is 0.339. The maximum absolute atomic E-state index is 14.1. The van der Waals surface area contributed by atoms with Crippen molar-refractivity contribution in [3.63, 3.8) is 0 Å². The first kappa shape index (κ1) is 22.9. The Kier molecular flexibility index (Phi) is 4.84. The number of aromatic nitrogens is 5. The summed E-state index contributed by atoms with van der Waals surface area (Å²) in [5.41, 5.74) is 4.95. The molecule has 3 fully saturated rings. The lowest BCUT2D eigenvalue weighted by molar-refractivity contribution is 0.00962. The standard InChI is InChI=1S/C27H27FN8O3/c1-2-13-7-22(37)17(28)8-16(13)18-4-3-15-23(32-33-24(15)29-18)25-30-19-10-35(11-20(19)31-25)27(38)34-6-5-14(9-34)39-26-21-12-36(21)26/h3-4,7-8,14,21,26,37H,2,5-6,9-12H2,1H3,(H,30,31)(H,29,32,33)/t14-,21?,26?,36?/m0/s1. The van der Waals surface area contributed by atoms with E-state index in [4.69, 9.17) is 9.72 Å². The summed E-state index contributed by atoms with van der Waals surface area (Å²) in [7, 11) is 0. The van der Waals surface area contributed by atoms with Gasteiger partial charge < -0.3 is 24.6 Å². The highest BCUT2D eigenvalue weighted by Gasteiger charge is 2.64. The summed E-state index contributed by atoms with van der Waals surface area (Å²) in [4.78, 5) is 31.9. The van der Waals surface area contributed by atoms with Crippen LogP contribution in [0.1, 0.15) is 30.3 Å². The van der Waals surface area contributed by atoms with E-state index in [0.717, 1.165) is 41.8 Å². The zero-order valence-corrected chi connectivity index (χ0v) is 21.3. The van der Waals surface area contributed by atoms with Crippen LogP contribution in [-0.2, 0) is 24.2 Å². The number of halogens is 1. The number of carbonyl (C=O) groups is 1. The molecule has 0 bridgehead atoms. The van der Waals surface area contributed by atoms with Crippen LogP contribution in [0, 0.1) is 5.82 Å². The number of aryl methyl sites for hydroxylation is 1. The van der Waals surface area contributed by atoms with Gasteiger partial charge in [-0.2, -0.15) is 5.10 Å². The largest absolute Gasteiger partial charge is 0.505 e. The molecule has 0 aliphatic carbocycles. The Morgan fingerprint density at radius 1 is 1.21 bits per heavy atom. The Morgan fingerprint density at radius 3 is 2.85 bits per heavy atom. The Hall–Kier alpha value is -4.03. The first-order valence-electron chi connectivity index (χ1n) is 13.4. The van der Waals surface area contributed by atoms with E-state index < -0.39 is 5.82 Å². The maximum atomic E-state index is 14.1. The zero-order valence-electron chi connectivity index (χ0n) is 21.3. The predicted octanol–water partition coefficient (Wildman–Crippen LogP) is 2.97. The van der Waals surface area contributed by atoms with Crippen LogP contribution in [-0.4, -0.2) is 89.0 Å². The van der Waals surface area contributed by atoms with E-state index in [2.05, 4.69) is 25.1 Å². The van der Waals surface area contributed by atoms with Crippen LogP contribution in [0.2, 0.25) is 0 Å². The Balaban J connectivity index is 0.982. The summed E-state index contributed by atoms with van der Waals surface area (Å²) in [6.07, 6.45) is 1.93. The monoisotopic (exact) mass is 530 g/mol. The number of hydrogen-bond acceptors (Lipinski definition) is 7. The molecule has 0 radical (unpaired) electrons. The normalized spacial score (nSPS) is 24.9. The fourth-order valence-corrected chi connectivity index (χ4v) is 5.86. The lowest BCUT2D eigenvalue weighted by Gasteiger charge is -2.24. The number of fused-ring (bicyclic) bond motifs is 3. The minimum Gasteiger partial charge on any atom is -0.505 e. The molecule has 4 aliphatic heterocycles. The van der Waals surface area contributed by atoms with Crippen molar-refractivity contribution in [1.29, 1.82) is 0 Å². The van der Waals surface area contributed by atoms with Gasteiger partial charge in [0.25, 0.3) is 0 Å². The number of nitrogens with one attached hydrogen (secondary N) is 2. The fraction of sp³-hybridized carbons (Fsp3) is 0.407. The van der Waals surface area contributed by atoms with Gasteiger partial charge in [-0.25, -0.2) is 19.2 Å². The van der Waals surface area contributed by atoms with Crippen molar-refractivity contribution >= 4 is 17.1 Å². The molecule has 11 nitrogen and oxygen atoms in total. The number of H-pyrrole nitrogens is 2. The molecule has 39 heavy (non-hydrogen) atoms. The number of aromatic amines is 2. The van der Waals surface area contributed by atoms with Crippen LogP contribution in [0.4, 0.5) is 9.18 Å². The van der Waals surface area contributed by atoms with Gasteiger partial charge in [-0.3, -0.25) is 10.00 Å². The minimum atomic E-state index is -0.685. The summed E-state index contributed by atoms with van der Waals surface area (Å²) < 4.78 is 20.2. The molecular formula is C27H27FN8O3. The molecule has 12 heteroatoms. The lowest BCUT2D eigenvalue weighted by Crippen LogP contribution is -2.40. The SMILES string of the molecule is CCc1cc(O)c(F)cc1-c1ccc2c(-c3nc4c([nH]3)CN(C(=O)N3CC[C@H](OC5C6CN65)C3)C4)[nH]nc2n1. The second kappa shape index (κ2) is 8.23. The third-order valence-electron chi connectivity index (χ3n) is 8.31. The molecule has 3 N–H and O–H groups in total. The fourth-order valence-electron chi connectivity index (χ4n) is 5.86. The molecule has 4 aliphatic rings. The van der Waals surface area contributed by atoms with Gasteiger partial charge in [0.05, 0.1) is 42.3 Å². The Morgan fingerprint density at radius 2 is 2.08 bits per heavy atom. The number of pyridine rings is 1. The second-order valence-corrected chi connectivity index (χ2v) is 10.8. The lowest BCUT2D eigenvalue weighted by atomic mass is 10.0. The topological polar surface area (TPSA) is 126 Å². The second-order valence-electron chi connectivity index (χ2n) is 10.8. The number of nitrogens with zero attached hydrogens (tertiary/aromatic N) is 6. The number of carbonyl (C=O) groups excluding carboxylic acids is 1. The number of imidazole rings is 1. The molecule has 8 rings (SSSR count). The average Bonchev–Trinajstić information content (AvgIpc) is 3.49. The van der Waals surface area contributed by atoms with Gasteiger partial charge in [-0.05, 0) is 42.7 Å². The van der Waals surface area contributed by atoms with Crippen molar-refractivity contribution in [3.05, 3.63) is 47.0 Å². The molecule has 3 saturated heterocycles. The van der Waals surface area contributed by atoms with Crippen molar-refractivity contribution < 1.29 is 19.0 Å². The molecule has 0 saturated carbocycles. The van der Waals surface area contributed by atoms with Crippen molar-refractivity contribution in [2.45, 2.75) is 51.2 Å². The van der Waals surface area contributed by atoms with Crippen LogP contribution in [0.15, 0.2) is 24.3 Å². The molecule has 0 spiro atoms. The van der Waals surface area contributed by atoms with Gasteiger partial charge in [-0.15, -0.1) is 0 Å². The van der Waals surface area contributed by atoms with Gasteiger partial charge in [0.2, 0.25) is 0 Å². The molecule has 2 amide bonds. The number of phenolic OH excluding ortho intramolecular Hbond substituents is 1. The summed E-state index contributed by atoms with van der Waals surface area (Å²) in [6, 6.07) is 7.12. The third-order valence-corrected chi connectivity index (χ3v) is 8.31. The van der Waals surface area contributed by atoms with Crippen LogP contribution in [0.25, 0.3) is 33.8 Å². The van der Waals surface area contributed by atoms with E-state index in [9.17, 15) is 14.3 Å². The number of urea groups is 1. The van der Waals surface area contributed by atoms with E-state index in [-0.39, 0.29) is 17.9 Å². The number of aromatic hydroxyl groups is 1.